The van der Waals surface area contributed by atoms with Crippen molar-refractivity contribution in [2.75, 3.05) is 13.2 Å². The second-order valence-corrected chi connectivity index (χ2v) is 19.0. The number of hydrogen-bond acceptors (Lipinski definition) is 4. The number of carbonyl (C=O) groups is 1. The van der Waals surface area contributed by atoms with Gasteiger partial charge in [0, 0.05) is 25.3 Å². The van der Waals surface area contributed by atoms with Crippen molar-refractivity contribution in [1.82, 2.24) is 9.03 Å². The number of nitrogens with one attached hydrogen (secondary N) is 1. The summed E-state index contributed by atoms with van der Waals surface area (Å²) in [5, 5.41) is 0.193. The van der Waals surface area contributed by atoms with E-state index in [9.17, 15) is 13.2 Å². The van der Waals surface area contributed by atoms with Gasteiger partial charge in [-0.3, -0.25) is 4.79 Å². The molecule has 0 bridgehead atoms. The van der Waals surface area contributed by atoms with Gasteiger partial charge in [-0.15, -0.1) is 0 Å². The second-order valence-electron chi connectivity index (χ2n) is 12.5. The first kappa shape index (κ1) is 30.5. The predicted octanol–water partition coefficient (Wildman–Crippen LogP) is 6.61. The Morgan fingerprint density at radius 3 is 2.08 bits per heavy atom. The first-order valence-corrected chi connectivity index (χ1v) is 18.1. The van der Waals surface area contributed by atoms with Gasteiger partial charge in [0.25, 0.3) is 5.91 Å². The molecule has 0 atom stereocenters. The average molecular weight is 559 g/mol. The number of nitrogens with zero attached hydrogens (tertiary/aromatic N) is 1. The van der Waals surface area contributed by atoms with Crippen molar-refractivity contribution in [2.24, 2.45) is 11.8 Å². The highest BCUT2D eigenvalue weighted by Crippen LogP contribution is 2.38. The Labute approximate surface area is 231 Å². The van der Waals surface area contributed by atoms with E-state index in [1.165, 1.54) is 4.31 Å². The molecule has 0 aliphatic heterocycles. The second kappa shape index (κ2) is 12.5. The summed E-state index contributed by atoms with van der Waals surface area (Å²) >= 11 is 0. The summed E-state index contributed by atoms with van der Waals surface area (Å²) in [7, 11) is -5.82. The number of aryl methyl sites for hydroxylation is 2. The fourth-order valence-corrected chi connectivity index (χ4v) is 7.09. The van der Waals surface area contributed by atoms with E-state index in [0.29, 0.717) is 18.0 Å². The van der Waals surface area contributed by atoms with E-state index in [-0.39, 0.29) is 17.5 Å². The number of benzene rings is 2. The van der Waals surface area contributed by atoms with Crippen LogP contribution in [0.1, 0.15) is 73.5 Å². The molecule has 1 aliphatic rings. The molecule has 0 radical (unpaired) electrons. The van der Waals surface area contributed by atoms with Crippen LogP contribution in [0.3, 0.4) is 0 Å². The molecule has 1 amide bonds. The lowest BCUT2D eigenvalue weighted by molar-refractivity contribution is 0.0977. The molecule has 2 aromatic rings. The Kier molecular flexibility index (Phi) is 10.0. The van der Waals surface area contributed by atoms with Crippen molar-refractivity contribution in [3.05, 3.63) is 70.8 Å². The van der Waals surface area contributed by atoms with Crippen molar-refractivity contribution in [1.29, 1.82) is 0 Å². The average Bonchev–Trinajstić information content (AvgIpc) is 2.82. The van der Waals surface area contributed by atoms with Gasteiger partial charge < -0.3 is 4.43 Å². The first-order chi connectivity index (χ1) is 17.7. The fourth-order valence-electron chi connectivity index (χ4n) is 4.79. The van der Waals surface area contributed by atoms with Gasteiger partial charge in [0.05, 0.1) is 0 Å². The van der Waals surface area contributed by atoms with Gasteiger partial charge in [-0.2, -0.15) is 12.7 Å². The highest BCUT2D eigenvalue weighted by Gasteiger charge is 2.38. The van der Waals surface area contributed by atoms with E-state index < -0.39 is 24.4 Å². The lowest BCUT2D eigenvalue weighted by atomic mass is 9.82. The predicted molar refractivity (Wildman–Crippen MR) is 158 cm³/mol. The molecule has 0 saturated heterocycles. The Hall–Kier alpha value is -2.00. The first-order valence-electron chi connectivity index (χ1n) is 13.7. The summed E-state index contributed by atoms with van der Waals surface area (Å²) in [5.74, 6) is 0.167. The van der Waals surface area contributed by atoms with Crippen LogP contribution in [0.25, 0.3) is 0 Å². The number of carbonyl (C=O) groups excluding carboxylic acids is 1. The van der Waals surface area contributed by atoms with E-state index in [2.05, 4.69) is 38.6 Å². The highest BCUT2D eigenvalue weighted by atomic mass is 32.2. The van der Waals surface area contributed by atoms with E-state index in [1.54, 1.807) is 12.1 Å². The van der Waals surface area contributed by atoms with Crippen LogP contribution in [0.2, 0.25) is 18.1 Å². The van der Waals surface area contributed by atoms with Crippen LogP contribution in [0.5, 0.6) is 0 Å². The third-order valence-electron chi connectivity index (χ3n) is 8.16. The Morgan fingerprint density at radius 1 is 0.974 bits per heavy atom. The Morgan fingerprint density at radius 2 is 1.53 bits per heavy atom. The maximum absolute atomic E-state index is 13.5. The minimum atomic E-state index is -4.04. The van der Waals surface area contributed by atoms with Gasteiger partial charge in [-0.25, -0.2) is 4.72 Å². The van der Waals surface area contributed by atoms with Crippen LogP contribution >= 0.6 is 0 Å². The minimum absolute atomic E-state index is 0.193. The Bertz CT molecular complexity index is 1160. The molecule has 3 rings (SSSR count). The molecular weight excluding hydrogens is 512 g/mol. The Balaban J connectivity index is 1.67. The molecule has 38 heavy (non-hydrogen) atoms. The van der Waals surface area contributed by atoms with Crippen LogP contribution < -0.4 is 4.72 Å². The van der Waals surface area contributed by atoms with Crippen LogP contribution in [0, 0.1) is 25.7 Å². The number of amides is 1. The van der Waals surface area contributed by atoms with Gasteiger partial charge >= 0.3 is 10.2 Å². The summed E-state index contributed by atoms with van der Waals surface area (Å²) in [4.78, 5) is 13.0. The summed E-state index contributed by atoms with van der Waals surface area (Å²) in [5.41, 5.74) is 3.09. The van der Waals surface area contributed by atoms with Crippen molar-refractivity contribution in [3.63, 3.8) is 0 Å². The van der Waals surface area contributed by atoms with Crippen molar-refractivity contribution < 1.29 is 17.6 Å². The molecular formula is C30H46N2O4SSi. The van der Waals surface area contributed by atoms with E-state index >= 15 is 0 Å². The molecule has 8 heteroatoms. The summed E-state index contributed by atoms with van der Waals surface area (Å²) in [6.07, 6.45) is 3.98. The van der Waals surface area contributed by atoms with E-state index in [0.717, 1.165) is 49.0 Å². The lowest BCUT2D eigenvalue weighted by Crippen LogP contribution is -2.45. The molecule has 2 aromatic carbocycles. The number of rotatable bonds is 10. The van der Waals surface area contributed by atoms with E-state index in [4.69, 9.17) is 4.43 Å². The third-order valence-corrected chi connectivity index (χ3v) is 14.1. The lowest BCUT2D eigenvalue weighted by Gasteiger charge is -2.38. The van der Waals surface area contributed by atoms with Crippen molar-refractivity contribution >= 4 is 24.4 Å². The summed E-state index contributed by atoms with van der Waals surface area (Å²) in [6.45, 7) is 16.6. The van der Waals surface area contributed by atoms with Crippen molar-refractivity contribution in [3.8, 4) is 0 Å². The molecule has 1 aliphatic carbocycles. The van der Waals surface area contributed by atoms with Gasteiger partial charge in [-0.05, 0) is 87.2 Å². The number of hydrogen-bond donors (Lipinski definition) is 1. The molecule has 0 unspecified atom stereocenters. The van der Waals surface area contributed by atoms with Gasteiger partial charge in [0.2, 0.25) is 0 Å². The standard InChI is InChI=1S/C30H46N2O4SSi/c1-23-17-24(2)19-28(18-23)29(33)31-37(34,35)32(20-25-11-9-8-10-12-25)21-26-13-15-27(16-14-26)22-36-38(6,7)30(3,4)5/h8-12,17-19,26-27H,13-16,20-22H2,1-7H3,(H,31,33). The quantitative estimate of drug-likeness (QED) is 0.333. The SMILES string of the molecule is Cc1cc(C)cc(C(=O)NS(=O)(=O)N(Cc2ccccc2)CC2CCC(CO[Si](C)(C)C(C)(C)C)CC2)c1. The molecule has 0 heterocycles. The van der Waals surface area contributed by atoms with E-state index in [1.807, 2.05) is 50.2 Å². The highest BCUT2D eigenvalue weighted by molar-refractivity contribution is 7.87. The summed E-state index contributed by atoms with van der Waals surface area (Å²) < 4.78 is 37.3. The normalized spacial score (nSPS) is 18.9. The molecule has 0 aromatic heterocycles. The van der Waals surface area contributed by atoms with Crippen LogP contribution in [0.4, 0.5) is 0 Å². The monoisotopic (exact) mass is 558 g/mol. The maximum atomic E-state index is 13.5. The van der Waals surface area contributed by atoms with Crippen molar-refractivity contribution in [2.45, 2.75) is 85.0 Å². The third kappa shape index (κ3) is 8.50. The molecule has 1 N–H and O–H groups in total. The fraction of sp³-hybridized carbons (Fsp3) is 0.567. The van der Waals surface area contributed by atoms with Crippen LogP contribution in [0.15, 0.2) is 48.5 Å². The molecule has 210 valence electrons. The van der Waals surface area contributed by atoms with Gasteiger partial charge in [0.1, 0.15) is 0 Å². The maximum Gasteiger partial charge on any atom is 0.304 e. The van der Waals surface area contributed by atoms with Gasteiger partial charge in [-0.1, -0.05) is 68.3 Å². The molecule has 6 nitrogen and oxygen atoms in total. The molecule has 1 fully saturated rings. The zero-order chi connectivity index (χ0) is 28.1. The zero-order valence-corrected chi connectivity index (χ0v) is 26.0. The molecule has 0 spiro atoms. The summed E-state index contributed by atoms with van der Waals surface area (Å²) in [6, 6.07) is 15.0. The minimum Gasteiger partial charge on any atom is -0.417 e. The van der Waals surface area contributed by atoms with Gasteiger partial charge in [0.15, 0.2) is 8.32 Å². The smallest absolute Gasteiger partial charge is 0.304 e. The zero-order valence-electron chi connectivity index (χ0n) is 24.2. The molecule has 1 saturated carbocycles. The van der Waals surface area contributed by atoms with Crippen LogP contribution in [-0.4, -0.2) is 40.1 Å². The largest absolute Gasteiger partial charge is 0.417 e. The topological polar surface area (TPSA) is 75.7 Å². The van der Waals surface area contributed by atoms with Crippen LogP contribution in [-0.2, 0) is 21.2 Å².